The molecule has 0 N–H and O–H groups in total. The third-order valence-corrected chi connectivity index (χ3v) is 2.75. The monoisotopic (exact) mass is 188 g/mol. The Morgan fingerprint density at radius 3 is 1.92 bits per heavy atom. The van der Waals surface area contributed by atoms with Crippen molar-refractivity contribution in [2.75, 3.05) is 20.8 Å². The summed E-state index contributed by atoms with van der Waals surface area (Å²) >= 11 is 0. The van der Waals surface area contributed by atoms with E-state index in [-0.39, 0.29) is 11.0 Å². The minimum Gasteiger partial charge on any atom is -0.384 e. The minimum absolute atomic E-state index is 0.0523. The van der Waals surface area contributed by atoms with Gasteiger partial charge in [-0.15, -0.1) is 0 Å². The van der Waals surface area contributed by atoms with Crippen molar-refractivity contribution in [2.45, 2.75) is 46.1 Å². The van der Waals surface area contributed by atoms with Gasteiger partial charge in [-0.25, -0.2) is 0 Å². The van der Waals surface area contributed by atoms with E-state index < -0.39 is 0 Å². The Labute approximate surface area is 82.6 Å². The molecule has 0 aliphatic carbocycles. The molecule has 0 aliphatic rings. The van der Waals surface area contributed by atoms with Gasteiger partial charge in [0.1, 0.15) is 0 Å². The van der Waals surface area contributed by atoms with Crippen LogP contribution in [0.3, 0.4) is 0 Å². The average molecular weight is 188 g/mol. The standard InChI is InChI=1S/C11H24O2/c1-7-11(4,9-12-5)8-10(2,3)13-6/h7-9H2,1-6H3. The zero-order valence-corrected chi connectivity index (χ0v) is 9.94. The number of hydrogen-bond acceptors (Lipinski definition) is 2. The highest BCUT2D eigenvalue weighted by Crippen LogP contribution is 2.33. The molecule has 0 rings (SSSR count). The molecular weight excluding hydrogens is 164 g/mol. The first-order valence-corrected chi connectivity index (χ1v) is 4.93. The van der Waals surface area contributed by atoms with Crippen LogP contribution >= 0.6 is 0 Å². The first kappa shape index (κ1) is 12.9. The number of rotatable bonds is 6. The van der Waals surface area contributed by atoms with Crippen LogP contribution in [0.5, 0.6) is 0 Å². The SMILES string of the molecule is CCC(C)(COC)CC(C)(C)OC. The summed E-state index contributed by atoms with van der Waals surface area (Å²) in [6, 6.07) is 0. The zero-order chi connectivity index (χ0) is 10.5. The van der Waals surface area contributed by atoms with Crippen molar-refractivity contribution in [3.63, 3.8) is 0 Å². The van der Waals surface area contributed by atoms with E-state index in [1.54, 1.807) is 14.2 Å². The molecule has 1 unspecified atom stereocenters. The first-order chi connectivity index (χ1) is 5.89. The summed E-state index contributed by atoms with van der Waals surface area (Å²) in [6.07, 6.45) is 2.15. The lowest BCUT2D eigenvalue weighted by molar-refractivity contribution is -0.0375. The fourth-order valence-electron chi connectivity index (χ4n) is 1.73. The molecule has 13 heavy (non-hydrogen) atoms. The van der Waals surface area contributed by atoms with Crippen molar-refractivity contribution >= 4 is 0 Å². The maximum atomic E-state index is 5.43. The van der Waals surface area contributed by atoms with Crippen LogP contribution in [0.1, 0.15) is 40.5 Å². The Kier molecular flexibility index (Phi) is 4.93. The number of methoxy groups -OCH3 is 2. The fourth-order valence-corrected chi connectivity index (χ4v) is 1.73. The normalized spacial score (nSPS) is 17.1. The van der Waals surface area contributed by atoms with Crippen LogP contribution in [0.15, 0.2) is 0 Å². The predicted octanol–water partition coefficient (Wildman–Crippen LogP) is 2.86. The second kappa shape index (κ2) is 4.97. The Balaban J connectivity index is 4.25. The van der Waals surface area contributed by atoms with E-state index in [0.29, 0.717) is 0 Å². The lowest BCUT2D eigenvalue weighted by Crippen LogP contribution is -2.34. The quantitative estimate of drug-likeness (QED) is 0.638. The molecule has 0 heterocycles. The Morgan fingerprint density at radius 2 is 1.62 bits per heavy atom. The molecule has 80 valence electrons. The smallest absolute Gasteiger partial charge is 0.0628 e. The third kappa shape index (κ3) is 4.63. The second-order valence-corrected chi connectivity index (χ2v) is 4.74. The zero-order valence-electron chi connectivity index (χ0n) is 9.94. The molecule has 0 aromatic carbocycles. The first-order valence-electron chi connectivity index (χ1n) is 4.93. The van der Waals surface area contributed by atoms with E-state index in [1.807, 2.05) is 0 Å². The molecule has 0 aromatic heterocycles. The van der Waals surface area contributed by atoms with Crippen molar-refractivity contribution in [1.82, 2.24) is 0 Å². The van der Waals surface area contributed by atoms with Crippen LogP contribution in [-0.2, 0) is 9.47 Å². The molecular formula is C11H24O2. The molecule has 0 aliphatic heterocycles. The van der Waals surface area contributed by atoms with E-state index in [1.165, 1.54) is 0 Å². The maximum absolute atomic E-state index is 5.43. The molecule has 0 aromatic rings. The lowest BCUT2D eigenvalue weighted by Gasteiger charge is -2.35. The van der Waals surface area contributed by atoms with Crippen molar-refractivity contribution in [1.29, 1.82) is 0 Å². The summed E-state index contributed by atoms with van der Waals surface area (Å²) in [5, 5.41) is 0. The van der Waals surface area contributed by atoms with E-state index >= 15 is 0 Å². The summed E-state index contributed by atoms with van der Waals surface area (Å²) in [5.41, 5.74) is 0.178. The van der Waals surface area contributed by atoms with E-state index in [2.05, 4.69) is 27.7 Å². The van der Waals surface area contributed by atoms with Gasteiger partial charge in [0, 0.05) is 14.2 Å². The van der Waals surface area contributed by atoms with E-state index in [0.717, 1.165) is 19.4 Å². The maximum Gasteiger partial charge on any atom is 0.0628 e. The molecule has 0 radical (unpaired) electrons. The molecule has 2 nitrogen and oxygen atoms in total. The van der Waals surface area contributed by atoms with Gasteiger partial charge in [0.05, 0.1) is 12.2 Å². The highest BCUT2D eigenvalue weighted by molar-refractivity contribution is 4.81. The summed E-state index contributed by atoms with van der Waals surface area (Å²) < 4.78 is 10.7. The van der Waals surface area contributed by atoms with Gasteiger partial charge in [-0.05, 0) is 32.1 Å². The molecule has 0 spiro atoms. The highest BCUT2D eigenvalue weighted by Gasteiger charge is 2.30. The second-order valence-electron chi connectivity index (χ2n) is 4.74. The van der Waals surface area contributed by atoms with Crippen LogP contribution in [0.25, 0.3) is 0 Å². The van der Waals surface area contributed by atoms with Gasteiger partial charge in [0.2, 0.25) is 0 Å². The van der Waals surface area contributed by atoms with Gasteiger partial charge >= 0.3 is 0 Å². The number of hydrogen-bond donors (Lipinski definition) is 0. The average Bonchev–Trinajstić information content (AvgIpc) is 2.04. The van der Waals surface area contributed by atoms with Crippen LogP contribution < -0.4 is 0 Å². The molecule has 0 saturated heterocycles. The molecule has 0 fully saturated rings. The Morgan fingerprint density at radius 1 is 1.08 bits per heavy atom. The van der Waals surface area contributed by atoms with Gasteiger partial charge in [0.15, 0.2) is 0 Å². The summed E-state index contributed by atoms with van der Waals surface area (Å²) in [4.78, 5) is 0. The topological polar surface area (TPSA) is 18.5 Å². The van der Waals surface area contributed by atoms with Crippen molar-refractivity contribution in [3.8, 4) is 0 Å². The van der Waals surface area contributed by atoms with E-state index in [4.69, 9.17) is 9.47 Å². The predicted molar refractivity (Wildman–Crippen MR) is 56.0 cm³/mol. The van der Waals surface area contributed by atoms with Crippen molar-refractivity contribution < 1.29 is 9.47 Å². The van der Waals surface area contributed by atoms with Gasteiger partial charge in [-0.2, -0.15) is 0 Å². The number of ether oxygens (including phenoxy) is 2. The van der Waals surface area contributed by atoms with Crippen LogP contribution in [0.2, 0.25) is 0 Å². The largest absolute Gasteiger partial charge is 0.384 e. The molecule has 1 atom stereocenters. The third-order valence-electron chi connectivity index (χ3n) is 2.75. The van der Waals surface area contributed by atoms with Crippen molar-refractivity contribution in [2.24, 2.45) is 5.41 Å². The van der Waals surface area contributed by atoms with Gasteiger partial charge in [-0.1, -0.05) is 13.8 Å². The fraction of sp³-hybridized carbons (Fsp3) is 1.00. The molecule has 0 saturated carbocycles. The van der Waals surface area contributed by atoms with Crippen LogP contribution in [-0.4, -0.2) is 26.4 Å². The van der Waals surface area contributed by atoms with E-state index in [9.17, 15) is 0 Å². The lowest BCUT2D eigenvalue weighted by atomic mass is 9.78. The van der Waals surface area contributed by atoms with Gasteiger partial charge in [-0.3, -0.25) is 0 Å². The highest BCUT2D eigenvalue weighted by atomic mass is 16.5. The van der Waals surface area contributed by atoms with Crippen molar-refractivity contribution in [3.05, 3.63) is 0 Å². The van der Waals surface area contributed by atoms with Crippen LogP contribution in [0.4, 0.5) is 0 Å². The Hall–Kier alpha value is -0.0800. The Bertz CT molecular complexity index is 143. The van der Waals surface area contributed by atoms with Crippen LogP contribution in [0, 0.1) is 5.41 Å². The summed E-state index contributed by atoms with van der Waals surface area (Å²) in [7, 11) is 3.52. The minimum atomic E-state index is -0.0523. The summed E-state index contributed by atoms with van der Waals surface area (Å²) in [5.74, 6) is 0. The molecule has 0 bridgehead atoms. The van der Waals surface area contributed by atoms with Gasteiger partial charge in [0.25, 0.3) is 0 Å². The molecule has 0 amide bonds. The summed E-state index contributed by atoms with van der Waals surface area (Å²) in [6.45, 7) is 9.49. The van der Waals surface area contributed by atoms with Gasteiger partial charge < -0.3 is 9.47 Å². The molecule has 2 heteroatoms.